The van der Waals surface area contributed by atoms with Crippen molar-refractivity contribution in [3.63, 3.8) is 0 Å². The molecule has 3 rings (SSSR count). The van der Waals surface area contributed by atoms with Crippen molar-refractivity contribution < 1.29 is 4.42 Å². The molecule has 0 unspecified atom stereocenters. The zero-order valence-corrected chi connectivity index (χ0v) is 10.7. The molecule has 0 aliphatic carbocycles. The number of nitrogens with two attached hydrogens (primary N) is 1. The Morgan fingerprint density at radius 2 is 2.00 bits per heavy atom. The Kier molecular flexibility index (Phi) is 2.53. The lowest BCUT2D eigenvalue weighted by Gasteiger charge is -2.00. The highest BCUT2D eigenvalue weighted by Gasteiger charge is 2.11. The topological polar surface area (TPSA) is 39.2 Å². The van der Waals surface area contributed by atoms with Crippen LogP contribution < -0.4 is 5.73 Å². The molecule has 2 N–H and O–H groups in total. The molecule has 0 fully saturated rings. The predicted molar refractivity (Wildman–Crippen MR) is 77.9 cm³/mol. The van der Waals surface area contributed by atoms with Crippen LogP contribution in [0.3, 0.4) is 0 Å². The first-order valence-corrected chi connectivity index (χ1v) is 6.11. The summed E-state index contributed by atoms with van der Waals surface area (Å²) in [5.74, 6) is 0. The first kappa shape index (κ1) is 11.2. The normalized spacial score (nSPS) is 11.9. The van der Waals surface area contributed by atoms with Crippen molar-refractivity contribution in [3.05, 3.63) is 47.0 Å². The van der Waals surface area contributed by atoms with Gasteiger partial charge in [-0.1, -0.05) is 23.8 Å². The van der Waals surface area contributed by atoms with Gasteiger partial charge in [-0.3, -0.25) is 0 Å². The van der Waals surface area contributed by atoms with Gasteiger partial charge in [-0.2, -0.15) is 0 Å². The smallest absolute Gasteiger partial charge is 0.144 e. The van der Waals surface area contributed by atoms with E-state index < -0.39 is 0 Å². The molecule has 0 bridgehead atoms. The van der Waals surface area contributed by atoms with E-state index in [1.807, 2.05) is 49.4 Å². The molecule has 0 amide bonds. The third-order valence-corrected chi connectivity index (χ3v) is 3.24. The van der Waals surface area contributed by atoms with Crippen molar-refractivity contribution in [1.82, 2.24) is 0 Å². The van der Waals surface area contributed by atoms with Crippen molar-refractivity contribution in [3.8, 4) is 0 Å². The predicted octanol–water partition coefficient (Wildman–Crippen LogP) is 4.85. The van der Waals surface area contributed by atoms with Crippen LogP contribution in [0.2, 0.25) is 5.02 Å². The standard InChI is InChI=1S/C15H12ClNO/c1-2-3-11-13(17)6-5-10-12-8-9(16)4-7-14(12)18-15(10)11/h2-8H,17H2,1H3/b3-2-. The van der Waals surface area contributed by atoms with Gasteiger partial charge < -0.3 is 10.2 Å². The molecule has 18 heavy (non-hydrogen) atoms. The van der Waals surface area contributed by atoms with E-state index in [2.05, 4.69) is 0 Å². The fraction of sp³-hybridized carbons (Fsp3) is 0.0667. The SMILES string of the molecule is C/C=C\c1c(N)ccc2c1oc1ccc(Cl)cc12. The van der Waals surface area contributed by atoms with Gasteiger partial charge in [-0.15, -0.1) is 0 Å². The highest BCUT2D eigenvalue weighted by atomic mass is 35.5. The van der Waals surface area contributed by atoms with Crippen LogP contribution in [0.15, 0.2) is 40.8 Å². The maximum atomic E-state index is 6.03. The summed E-state index contributed by atoms with van der Waals surface area (Å²) in [5, 5.41) is 2.76. The fourth-order valence-corrected chi connectivity index (χ4v) is 2.36. The average Bonchev–Trinajstić information content (AvgIpc) is 2.71. The van der Waals surface area contributed by atoms with Crippen LogP contribution in [0.4, 0.5) is 5.69 Å². The zero-order chi connectivity index (χ0) is 12.7. The number of allylic oxidation sites excluding steroid dienone is 1. The van der Waals surface area contributed by atoms with Crippen molar-refractivity contribution in [2.24, 2.45) is 0 Å². The van der Waals surface area contributed by atoms with Gasteiger partial charge in [-0.25, -0.2) is 0 Å². The zero-order valence-electron chi connectivity index (χ0n) is 9.91. The number of anilines is 1. The molecule has 3 heteroatoms. The fourth-order valence-electron chi connectivity index (χ4n) is 2.19. The van der Waals surface area contributed by atoms with Gasteiger partial charge in [0, 0.05) is 27.0 Å². The number of furan rings is 1. The van der Waals surface area contributed by atoms with E-state index in [1.54, 1.807) is 0 Å². The average molecular weight is 258 g/mol. The van der Waals surface area contributed by atoms with Crippen molar-refractivity contribution in [2.45, 2.75) is 6.92 Å². The summed E-state index contributed by atoms with van der Waals surface area (Å²) in [6.07, 6.45) is 3.91. The highest BCUT2D eigenvalue weighted by molar-refractivity contribution is 6.31. The number of fused-ring (bicyclic) bond motifs is 3. The molecule has 0 atom stereocenters. The van der Waals surface area contributed by atoms with E-state index in [1.165, 1.54) is 0 Å². The molecular formula is C15H12ClNO. The van der Waals surface area contributed by atoms with E-state index >= 15 is 0 Å². The summed E-state index contributed by atoms with van der Waals surface area (Å²) in [6, 6.07) is 9.49. The van der Waals surface area contributed by atoms with Crippen LogP contribution in [0.25, 0.3) is 28.0 Å². The van der Waals surface area contributed by atoms with Gasteiger partial charge >= 0.3 is 0 Å². The monoisotopic (exact) mass is 257 g/mol. The second kappa shape index (κ2) is 4.07. The molecule has 90 valence electrons. The van der Waals surface area contributed by atoms with Crippen molar-refractivity contribution in [1.29, 1.82) is 0 Å². The number of rotatable bonds is 1. The summed E-state index contributed by atoms with van der Waals surface area (Å²) in [5.41, 5.74) is 9.25. The number of benzene rings is 2. The molecule has 3 aromatic rings. The largest absolute Gasteiger partial charge is 0.455 e. The lowest BCUT2D eigenvalue weighted by molar-refractivity contribution is 0.668. The highest BCUT2D eigenvalue weighted by Crippen LogP contribution is 2.35. The minimum Gasteiger partial charge on any atom is -0.455 e. The summed E-state index contributed by atoms with van der Waals surface area (Å²) in [6.45, 7) is 1.96. The van der Waals surface area contributed by atoms with Crippen LogP contribution in [0.5, 0.6) is 0 Å². The number of nitrogen functional groups attached to an aromatic ring is 1. The molecule has 0 radical (unpaired) electrons. The van der Waals surface area contributed by atoms with Crippen LogP contribution in [-0.2, 0) is 0 Å². The molecule has 0 spiro atoms. The Morgan fingerprint density at radius 3 is 2.78 bits per heavy atom. The molecule has 1 aromatic heterocycles. The van der Waals surface area contributed by atoms with E-state index in [0.717, 1.165) is 27.5 Å². The van der Waals surface area contributed by atoms with Gasteiger partial charge in [0.25, 0.3) is 0 Å². The van der Waals surface area contributed by atoms with Crippen molar-refractivity contribution in [2.75, 3.05) is 5.73 Å². The van der Waals surface area contributed by atoms with Gasteiger partial charge in [-0.05, 0) is 37.3 Å². The third-order valence-electron chi connectivity index (χ3n) is 3.01. The Balaban J connectivity index is 2.49. The van der Waals surface area contributed by atoms with Crippen LogP contribution in [0, 0.1) is 0 Å². The maximum absolute atomic E-state index is 6.03. The maximum Gasteiger partial charge on any atom is 0.144 e. The van der Waals surface area contributed by atoms with E-state index in [-0.39, 0.29) is 0 Å². The van der Waals surface area contributed by atoms with Gasteiger partial charge in [0.2, 0.25) is 0 Å². The number of halogens is 1. The van der Waals surface area contributed by atoms with Gasteiger partial charge in [0.05, 0.1) is 0 Å². The number of hydrogen-bond donors (Lipinski definition) is 1. The summed E-state index contributed by atoms with van der Waals surface area (Å²) in [4.78, 5) is 0. The van der Waals surface area contributed by atoms with E-state index in [0.29, 0.717) is 10.7 Å². The summed E-state index contributed by atoms with van der Waals surface area (Å²) < 4.78 is 5.88. The second-order valence-electron chi connectivity index (χ2n) is 4.19. The molecule has 0 saturated heterocycles. The first-order chi connectivity index (χ1) is 8.70. The van der Waals surface area contributed by atoms with E-state index in [4.69, 9.17) is 21.8 Å². The molecule has 0 aliphatic heterocycles. The molecule has 0 aliphatic rings. The van der Waals surface area contributed by atoms with Crippen LogP contribution in [-0.4, -0.2) is 0 Å². The summed E-state index contributed by atoms with van der Waals surface area (Å²) in [7, 11) is 0. The lowest BCUT2D eigenvalue weighted by atomic mass is 10.1. The molecule has 2 aromatic carbocycles. The lowest BCUT2D eigenvalue weighted by Crippen LogP contribution is -1.88. The quantitative estimate of drug-likeness (QED) is 0.633. The minimum atomic E-state index is 0.703. The third kappa shape index (κ3) is 1.57. The first-order valence-electron chi connectivity index (χ1n) is 5.73. The second-order valence-corrected chi connectivity index (χ2v) is 4.62. The molecule has 2 nitrogen and oxygen atoms in total. The minimum absolute atomic E-state index is 0.703. The molecular weight excluding hydrogens is 246 g/mol. The Labute approximate surface area is 110 Å². The Bertz CT molecular complexity index is 771. The molecule has 1 heterocycles. The molecule has 0 saturated carbocycles. The van der Waals surface area contributed by atoms with Crippen molar-refractivity contribution >= 4 is 45.3 Å². The Hall–Kier alpha value is -1.93. The van der Waals surface area contributed by atoms with Crippen LogP contribution in [0.1, 0.15) is 12.5 Å². The van der Waals surface area contributed by atoms with Crippen LogP contribution >= 0.6 is 11.6 Å². The van der Waals surface area contributed by atoms with E-state index in [9.17, 15) is 0 Å². The van der Waals surface area contributed by atoms with Gasteiger partial charge in [0.15, 0.2) is 0 Å². The van der Waals surface area contributed by atoms with Gasteiger partial charge in [0.1, 0.15) is 11.2 Å². The number of hydrogen-bond acceptors (Lipinski definition) is 2. The Morgan fingerprint density at radius 1 is 1.17 bits per heavy atom. The summed E-state index contributed by atoms with van der Waals surface area (Å²) >= 11 is 6.03.